The second-order valence-electron chi connectivity index (χ2n) is 6.24. The minimum absolute atomic E-state index is 0.324. The van der Waals surface area contributed by atoms with Gasteiger partial charge in [0, 0.05) is 6.54 Å². The van der Waals surface area contributed by atoms with Crippen molar-refractivity contribution in [1.29, 1.82) is 0 Å². The molecule has 1 N–H and O–H groups in total. The molecule has 0 fully saturated rings. The molecule has 0 amide bonds. The van der Waals surface area contributed by atoms with E-state index in [2.05, 4.69) is 16.6 Å². The van der Waals surface area contributed by atoms with Crippen LogP contribution in [0.5, 0.6) is 0 Å². The number of isocyanates is 1. The second kappa shape index (κ2) is 12.8. The zero-order valence-electron chi connectivity index (χ0n) is 15.2. The third-order valence-electron chi connectivity index (χ3n) is 4.11. The molecule has 1 aromatic rings. The third-order valence-corrected chi connectivity index (χ3v) is 5.58. The van der Waals surface area contributed by atoms with Gasteiger partial charge in [0.05, 0.1) is 11.4 Å². The summed E-state index contributed by atoms with van der Waals surface area (Å²) in [6, 6.07) is 7.20. The van der Waals surface area contributed by atoms with Crippen molar-refractivity contribution in [3.05, 3.63) is 29.8 Å². The normalized spacial score (nSPS) is 11.2. The number of hydrogen-bond donors (Lipinski definition) is 1. The van der Waals surface area contributed by atoms with E-state index in [4.69, 9.17) is 0 Å². The molecule has 0 unspecified atom stereocenters. The van der Waals surface area contributed by atoms with E-state index in [1.54, 1.807) is 12.1 Å². The zero-order valence-corrected chi connectivity index (χ0v) is 16.0. The van der Waals surface area contributed by atoms with E-state index in [1.165, 1.54) is 30.9 Å². The highest BCUT2D eigenvalue weighted by molar-refractivity contribution is 7.89. The predicted octanol–water partition coefficient (Wildman–Crippen LogP) is 3.98. The highest BCUT2D eigenvalue weighted by atomic mass is 32.2. The Morgan fingerprint density at radius 3 is 2.32 bits per heavy atom. The van der Waals surface area contributed by atoms with Crippen molar-refractivity contribution in [2.24, 2.45) is 4.99 Å². The molecule has 5 nitrogen and oxygen atoms in total. The average Bonchev–Trinajstić information content (AvgIpc) is 2.61. The van der Waals surface area contributed by atoms with Crippen LogP contribution in [0, 0.1) is 0 Å². The smallest absolute Gasteiger partial charge is 0.211 e. The van der Waals surface area contributed by atoms with Crippen LogP contribution in [-0.4, -0.2) is 27.6 Å². The van der Waals surface area contributed by atoms with E-state index in [1.807, 2.05) is 12.1 Å². The second-order valence-corrected chi connectivity index (χ2v) is 8.01. The van der Waals surface area contributed by atoms with Crippen LogP contribution in [0.4, 0.5) is 0 Å². The van der Waals surface area contributed by atoms with Gasteiger partial charge in [-0.25, -0.2) is 22.9 Å². The Hall–Kier alpha value is -1.49. The van der Waals surface area contributed by atoms with E-state index >= 15 is 0 Å². The number of aryl methyl sites for hydroxylation is 1. The lowest BCUT2D eigenvalue weighted by molar-refractivity contribution is 0.559. The average molecular weight is 367 g/mol. The fourth-order valence-corrected chi connectivity index (χ4v) is 3.67. The number of sulfonamides is 1. The van der Waals surface area contributed by atoms with Crippen LogP contribution in [0.1, 0.15) is 63.9 Å². The van der Waals surface area contributed by atoms with Gasteiger partial charge in [0.25, 0.3) is 0 Å². The number of unbranched alkanes of at least 4 members (excludes halogenated alkanes) is 6. The lowest BCUT2D eigenvalue weighted by Gasteiger charge is -2.08. The first-order valence-electron chi connectivity index (χ1n) is 9.22. The van der Waals surface area contributed by atoms with Crippen LogP contribution in [-0.2, 0) is 21.2 Å². The maximum absolute atomic E-state index is 12.2. The van der Waals surface area contributed by atoms with Crippen LogP contribution in [0.15, 0.2) is 34.2 Å². The minimum atomic E-state index is -3.43. The SMILES string of the molecule is CCCCCCc1ccc(S(=O)(=O)NCCCCCCN=C=O)cc1. The molecule has 0 heterocycles. The van der Waals surface area contributed by atoms with Crippen molar-refractivity contribution in [2.45, 2.75) is 69.6 Å². The van der Waals surface area contributed by atoms with Gasteiger partial charge in [0.15, 0.2) is 0 Å². The molecule has 1 rings (SSSR count). The van der Waals surface area contributed by atoms with Crippen molar-refractivity contribution in [2.75, 3.05) is 13.1 Å². The van der Waals surface area contributed by atoms with Gasteiger partial charge >= 0.3 is 0 Å². The molecule has 0 radical (unpaired) electrons. The van der Waals surface area contributed by atoms with Crippen molar-refractivity contribution in [1.82, 2.24) is 4.72 Å². The Kier molecular flexibility index (Phi) is 11.0. The summed E-state index contributed by atoms with van der Waals surface area (Å²) in [5.74, 6) is 0. The molecule has 0 saturated heterocycles. The van der Waals surface area contributed by atoms with E-state index in [0.29, 0.717) is 18.0 Å². The van der Waals surface area contributed by atoms with E-state index in [0.717, 1.165) is 38.5 Å². The molecule has 0 atom stereocenters. The fraction of sp³-hybridized carbons (Fsp3) is 0.632. The largest absolute Gasteiger partial charge is 0.240 e. The Bertz CT molecular complexity index is 621. The number of nitrogens with one attached hydrogen (secondary N) is 1. The number of carbonyl (C=O) groups excluding carboxylic acids is 1. The molecule has 6 heteroatoms. The highest BCUT2D eigenvalue weighted by Gasteiger charge is 2.12. The van der Waals surface area contributed by atoms with Gasteiger partial charge in [0.2, 0.25) is 16.1 Å². The van der Waals surface area contributed by atoms with Gasteiger partial charge in [0.1, 0.15) is 0 Å². The Balaban J connectivity index is 2.31. The van der Waals surface area contributed by atoms with Crippen molar-refractivity contribution in [3.63, 3.8) is 0 Å². The van der Waals surface area contributed by atoms with Crippen molar-refractivity contribution in [3.8, 4) is 0 Å². The van der Waals surface area contributed by atoms with Crippen molar-refractivity contribution < 1.29 is 13.2 Å². The first-order chi connectivity index (χ1) is 12.1. The van der Waals surface area contributed by atoms with Crippen LogP contribution >= 0.6 is 0 Å². The Morgan fingerprint density at radius 1 is 0.960 bits per heavy atom. The van der Waals surface area contributed by atoms with E-state index < -0.39 is 10.0 Å². The van der Waals surface area contributed by atoms with Crippen LogP contribution in [0.2, 0.25) is 0 Å². The third kappa shape index (κ3) is 9.54. The summed E-state index contributed by atoms with van der Waals surface area (Å²) in [6.07, 6.45) is 10.8. The predicted molar refractivity (Wildman–Crippen MR) is 101 cm³/mol. The fourth-order valence-electron chi connectivity index (χ4n) is 2.60. The first-order valence-corrected chi connectivity index (χ1v) is 10.7. The molecule has 0 spiro atoms. The number of hydrogen-bond acceptors (Lipinski definition) is 4. The molecule has 0 aliphatic carbocycles. The summed E-state index contributed by atoms with van der Waals surface area (Å²) >= 11 is 0. The summed E-state index contributed by atoms with van der Waals surface area (Å²) in [4.78, 5) is 13.7. The summed E-state index contributed by atoms with van der Waals surface area (Å²) in [5.41, 5.74) is 1.19. The number of nitrogens with zero attached hydrogens (tertiary/aromatic N) is 1. The molecule has 140 valence electrons. The summed E-state index contributed by atoms with van der Waals surface area (Å²) < 4.78 is 27.1. The molecule has 1 aromatic carbocycles. The molecule has 0 aliphatic rings. The standard InChI is InChI=1S/C19H30N2O3S/c1-2-3-4-7-10-18-11-13-19(14-12-18)25(23,24)21-16-9-6-5-8-15-20-17-22/h11-14,21H,2-10,15-16H2,1H3. The lowest BCUT2D eigenvalue weighted by Crippen LogP contribution is -2.24. The Morgan fingerprint density at radius 2 is 1.64 bits per heavy atom. The quantitative estimate of drug-likeness (QED) is 0.307. The van der Waals surface area contributed by atoms with Gasteiger partial charge in [-0.05, 0) is 43.4 Å². The number of aliphatic imine (C=N–C) groups is 1. The van der Waals surface area contributed by atoms with Crippen LogP contribution < -0.4 is 4.72 Å². The van der Waals surface area contributed by atoms with E-state index in [-0.39, 0.29) is 0 Å². The molecular weight excluding hydrogens is 336 g/mol. The van der Waals surface area contributed by atoms with Gasteiger partial charge in [-0.3, -0.25) is 0 Å². The topological polar surface area (TPSA) is 75.6 Å². The van der Waals surface area contributed by atoms with Gasteiger partial charge in [-0.15, -0.1) is 0 Å². The van der Waals surface area contributed by atoms with Gasteiger partial charge < -0.3 is 0 Å². The van der Waals surface area contributed by atoms with Crippen molar-refractivity contribution >= 4 is 16.1 Å². The Labute approximate surface area is 152 Å². The molecular formula is C19H30N2O3S. The monoisotopic (exact) mass is 366 g/mol. The summed E-state index contributed by atoms with van der Waals surface area (Å²) in [7, 11) is -3.43. The van der Waals surface area contributed by atoms with Gasteiger partial charge in [-0.2, -0.15) is 0 Å². The summed E-state index contributed by atoms with van der Waals surface area (Å²) in [6.45, 7) is 3.12. The molecule has 0 bridgehead atoms. The molecule has 0 aromatic heterocycles. The lowest BCUT2D eigenvalue weighted by atomic mass is 10.1. The maximum atomic E-state index is 12.2. The zero-order chi connectivity index (χ0) is 18.4. The van der Waals surface area contributed by atoms with Crippen LogP contribution in [0.25, 0.3) is 0 Å². The number of benzene rings is 1. The van der Waals surface area contributed by atoms with E-state index in [9.17, 15) is 13.2 Å². The first kappa shape index (κ1) is 21.6. The van der Waals surface area contributed by atoms with Crippen LogP contribution in [0.3, 0.4) is 0 Å². The minimum Gasteiger partial charge on any atom is -0.211 e. The molecule has 0 saturated carbocycles. The molecule has 0 aliphatic heterocycles. The highest BCUT2D eigenvalue weighted by Crippen LogP contribution is 2.13. The summed E-state index contributed by atoms with van der Waals surface area (Å²) in [5, 5.41) is 0. The molecule has 25 heavy (non-hydrogen) atoms. The number of rotatable bonds is 14. The maximum Gasteiger partial charge on any atom is 0.240 e. The van der Waals surface area contributed by atoms with Gasteiger partial charge in [-0.1, -0.05) is 51.2 Å².